The molecule has 1 aromatic rings. The Labute approximate surface area is 189 Å². The van der Waals surface area contributed by atoms with Gasteiger partial charge in [-0.25, -0.2) is 0 Å². The Kier molecular flexibility index (Phi) is 6.98. The molecule has 1 saturated heterocycles. The number of benzene rings is 1. The van der Waals surface area contributed by atoms with E-state index in [2.05, 4.69) is 10.6 Å². The molecule has 8 nitrogen and oxygen atoms in total. The summed E-state index contributed by atoms with van der Waals surface area (Å²) in [7, 11) is 3.40. The smallest absolute Gasteiger partial charge is 0.257 e. The van der Waals surface area contributed by atoms with Crippen molar-refractivity contribution in [2.24, 2.45) is 5.92 Å². The SMILES string of the molecule is CNC(=O)C[C@@H]1CC[C@@H]2[C@@H](COc3ccc(NC(=O)C4CCCCC4)cc3C(=O)N2C)O1. The minimum atomic E-state index is -0.300. The van der Waals surface area contributed by atoms with Crippen LogP contribution in [0.25, 0.3) is 0 Å². The van der Waals surface area contributed by atoms with Crippen molar-refractivity contribution in [3.63, 3.8) is 0 Å². The lowest BCUT2D eigenvalue weighted by Gasteiger charge is -2.42. The number of fused-ring (bicyclic) bond motifs is 2. The van der Waals surface area contributed by atoms with Crippen molar-refractivity contribution in [2.75, 3.05) is 26.0 Å². The summed E-state index contributed by atoms with van der Waals surface area (Å²) < 4.78 is 12.1. The van der Waals surface area contributed by atoms with E-state index in [-0.39, 0.29) is 41.9 Å². The van der Waals surface area contributed by atoms with Crippen molar-refractivity contribution >= 4 is 23.4 Å². The van der Waals surface area contributed by atoms with Gasteiger partial charge < -0.3 is 25.0 Å². The molecule has 2 heterocycles. The molecule has 1 aliphatic carbocycles. The maximum Gasteiger partial charge on any atom is 0.257 e. The van der Waals surface area contributed by atoms with Gasteiger partial charge in [0.25, 0.3) is 5.91 Å². The van der Waals surface area contributed by atoms with Gasteiger partial charge in [0.15, 0.2) is 0 Å². The van der Waals surface area contributed by atoms with Gasteiger partial charge in [0.1, 0.15) is 18.5 Å². The topological polar surface area (TPSA) is 97.0 Å². The van der Waals surface area contributed by atoms with Crippen LogP contribution in [-0.2, 0) is 14.3 Å². The number of nitrogens with one attached hydrogen (secondary N) is 2. The molecule has 3 atom stereocenters. The number of rotatable bonds is 4. The monoisotopic (exact) mass is 443 g/mol. The Morgan fingerprint density at radius 1 is 1.12 bits per heavy atom. The van der Waals surface area contributed by atoms with Crippen LogP contribution in [0.4, 0.5) is 5.69 Å². The minimum absolute atomic E-state index is 0.0279. The van der Waals surface area contributed by atoms with E-state index >= 15 is 0 Å². The second-order valence-electron chi connectivity index (χ2n) is 9.08. The summed E-state index contributed by atoms with van der Waals surface area (Å²) in [6.07, 6.45) is 6.49. The fraction of sp³-hybridized carbons (Fsp3) is 0.625. The molecule has 174 valence electrons. The highest BCUT2D eigenvalue weighted by atomic mass is 16.5. The van der Waals surface area contributed by atoms with E-state index in [1.54, 1.807) is 37.2 Å². The predicted octanol–water partition coefficient (Wildman–Crippen LogP) is 2.72. The van der Waals surface area contributed by atoms with Crippen molar-refractivity contribution in [3.8, 4) is 5.75 Å². The first-order valence-corrected chi connectivity index (χ1v) is 11.7. The zero-order chi connectivity index (χ0) is 22.7. The van der Waals surface area contributed by atoms with Crippen LogP contribution in [0.5, 0.6) is 5.75 Å². The van der Waals surface area contributed by atoms with E-state index in [4.69, 9.17) is 9.47 Å². The van der Waals surface area contributed by atoms with Crippen LogP contribution in [0, 0.1) is 5.92 Å². The van der Waals surface area contributed by atoms with Gasteiger partial charge in [-0.05, 0) is 43.9 Å². The zero-order valence-electron chi connectivity index (χ0n) is 18.9. The Morgan fingerprint density at radius 3 is 2.66 bits per heavy atom. The van der Waals surface area contributed by atoms with Crippen LogP contribution in [0.2, 0.25) is 0 Å². The third-order valence-electron chi connectivity index (χ3n) is 6.95. The van der Waals surface area contributed by atoms with Crippen molar-refractivity contribution in [1.29, 1.82) is 0 Å². The van der Waals surface area contributed by atoms with Crippen molar-refractivity contribution in [3.05, 3.63) is 23.8 Å². The van der Waals surface area contributed by atoms with Crippen LogP contribution in [0.15, 0.2) is 18.2 Å². The summed E-state index contributed by atoms with van der Waals surface area (Å²) in [5.74, 6) is 0.339. The van der Waals surface area contributed by atoms with E-state index in [0.717, 1.165) is 32.1 Å². The van der Waals surface area contributed by atoms with Gasteiger partial charge in [0, 0.05) is 25.7 Å². The summed E-state index contributed by atoms with van der Waals surface area (Å²) in [4.78, 5) is 39.4. The van der Waals surface area contributed by atoms with Crippen LogP contribution >= 0.6 is 0 Å². The molecule has 8 heteroatoms. The zero-order valence-corrected chi connectivity index (χ0v) is 18.9. The van der Waals surface area contributed by atoms with Crippen molar-refractivity contribution in [2.45, 2.75) is 69.6 Å². The standard InChI is InChI=1S/C24H33N3O5/c1-25-22(28)13-17-9-10-19-21(32-17)14-31-20-11-8-16(12-18(20)24(30)27(19)2)26-23(29)15-6-4-3-5-7-15/h8,11-12,15,17,19,21H,3-7,9-10,13-14H2,1-2H3,(H,25,28)(H,26,29)/t17-,19+,21+/m0/s1. The highest BCUT2D eigenvalue weighted by molar-refractivity contribution is 6.00. The minimum Gasteiger partial charge on any atom is -0.490 e. The summed E-state index contributed by atoms with van der Waals surface area (Å²) in [5, 5.41) is 5.62. The van der Waals surface area contributed by atoms with Gasteiger partial charge in [-0.15, -0.1) is 0 Å². The molecule has 0 unspecified atom stereocenters. The van der Waals surface area contributed by atoms with E-state index in [0.29, 0.717) is 36.4 Å². The number of carbonyl (C=O) groups is 3. The Bertz CT molecular complexity index is 867. The quantitative estimate of drug-likeness (QED) is 0.746. The first-order chi connectivity index (χ1) is 15.5. The van der Waals surface area contributed by atoms with Crippen LogP contribution < -0.4 is 15.4 Å². The van der Waals surface area contributed by atoms with Crippen LogP contribution in [0.1, 0.15) is 61.7 Å². The van der Waals surface area contributed by atoms with Gasteiger partial charge in [-0.2, -0.15) is 0 Å². The van der Waals surface area contributed by atoms with Crippen molar-refractivity contribution < 1.29 is 23.9 Å². The molecule has 0 bridgehead atoms. The molecule has 32 heavy (non-hydrogen) atoms. The number of likely N-dealkylation sites (N-methyl/N-ethyl adjacent to an activating group) is 1. The molecule has 4 rings (SSSR count). The number of hydrogen-bond acceptors (Lipinski definition) is 5. The maximum atomic E-state index is 13.3. The molecule has 3 amide bonds. The summed E-state index contributed by atoms with van der Waals surface area (Å²) in [6.45, 7) is 0.299. The number of carbonyl (C=O) groups excluding carboxylic acids is 3. The summed E-state index contributed by atoms with van der Waals surface area (Å²) in [5.41, 5.74) is 1.06. The molecule has 0 aromatic heterocycles. The van der Waals surface area contributed by atoms with Gasteiger partial charge in [0.05, 0.1) is 24.1 Å². The number of amides is 3. The largest absolute Gasteiger partial charge is 0.490 e. The van der Waals surface area contributed by atoms with Gasteiger partial charge >= 0.3 is 0 Å². The molecular weight excluding hydrogens is 410 g/mol. The van der Waals surface area contributed by atoms with E-state index in [1.807, 2.05) is 0 Å². The van der Waals surface area contributed by atoms with Gasteiger partial charge in [0.2, 0.25) is 11.8 Å². The number of hydrogen-bond donors (Lipinski definition) is 2. The second-order valence-corrected chi connectivity index (χ2v) is 9.08. The third-order valence-corrected chi connectivity index (χ3v) is 6.95. The number of anilines is 1. The average Bonchev–Trinajstić information content (AvgIpc) is 2.82. The Morgan fingerprint density at radius 2 is 1.91 bits per heavy atom. The Balaban J connectivity index is 1.48. The normalized spacial score (nSPS) is 26.1. The summed E-state index contributed by atoms with van der Waals surface area (Å²) >= 11 is 0. The van der Waals surface area contributed by atoms with Crippen molar-refractivity contribution in [1.82, 2.24) is 10.2 Å². The number of ether oxygens (including phenoxy) is 2. The van der Waals surface area contributed by atoms with E-state index in [1.165, 1.54) is 6.42 Å². The molecule has 3 aliphatic rings. The van der Waals surface area contributed by atoms with Gasteiger partial charge in [-0.1, -0.05) is 19.3 Å². The van der Waals surface area contributed by atoms with Crippen LogP contribution in [0.3, 0.4) is 0 Å². The molecule has 1 saturated carbocycles. The third kappa shape index (κ3) is 4.90. The van der Waals surface area contributed by atoms with Gasteiger partial charge in [-0.3, -0.25) is 14.4 Å². The Hall–Kier alpha value is -2.61. The summed E-state index contributed by atoms with van der Waals surface area (Å²) in [6, 6.07) is 5.11. The maximum absolute atomic E-state index is 13.3. The first-order valence-electron chi connectivity index (χ1n) is 11.7. The lowest BCUT2D eigenvalue weighted by Crippen LogP contribution is -2.53. The fourth-order valence-electron chi connectivity index (χ4n) is 5.02. The highest BCUT2D eigenvalue weighted by Crippen LogP contribution is 2.33. The fourth-order valence-corrected chi connectivity index (χ4v) is 5.02. The second kappa shape index (κ2) is 9.90. The molecule has 0 spiro atoms. The lowest BCUT2D eigenvalue weighted by molar-refractivity contribution is -0.133. The molecule has 2 N–H and O–H groups in total. The average molecular weight is 444 g/mol. The van der Waals surface area contributed by atoms with Crippen LogP contribution in [-0.4, -0.2) is 61.6 Å². The van der Waals surface area contributed by atoms with E-state index in [9.17, 15) is 14.4 Å². The molecule has 1 aromatic carbocycles. The molecule has 2 aliphatic heterocycles. The lowest BCUT2D eigenvalue weighted by atomic mass is 9.88. The highest BCUT2D eigenvalue weighted by Gasteiger charge is 2.39. The molecule has 2 fully saturated rings. The first kappa shape index (κ1) is 22.6. The van der Waals surface area contributed by atoms with E-state index < -0.39 is 0 Å². The number of nitrogens with zero attached hydrogens (tertiary/aromatic N) is 1. The predicted molar refractivity (Wildman–Crippen MR) is 120 cm³/mol. The molecule has 0 radical (unpaired) electrons. The molecular formula is C24H33N3O5.